The lowest BCUT2D eigenvalue weighted by Crippen LogP contribution is -2.31. The average molecular weight is 507 g/mol. The Morgan fingerprint density at radius 3 is 2.57 bits per heavy atom. The van der Waals surface area contributed by atoms with Gasteiger partial charge in [0.1, 0.15) is 16.7 Å². The molecule has 0 N–H and O–H groups in total. The summed E-state index contributed by atoms with van der Waals surface area (Å²) in [6, 6.07) is 11.8. The number of nitrogens with zero attached hydrogens (tertiary/aromatic N) is 2. The second-order valence-electron chi connectivity index (χ2n) is 7.09. The Morgan fingerprint density at radius 1 is 1.27 bits per heavy atom. The Balaban J connectivity index is 1.68. The molecule has 0 spiro atoms. The normalized spacial score (nSPS) is 15.3. The Morgan fingerprint density at radius 2 is 1.97 bits per heavy atom. The zero-order chi connectivity index (χ0) is 21.8. The van der Waals surface area contributed by atoms with Gasteiger partial charge in [0.05, 0.1) is 14.3 Å². The number of hydrogen-bond donors (Lipinski definition) is 0. The topological polar surface area (TPSA) is 72.7 Å². The smallest absolute Gasteiger partial charge is 0.269 e. The molecular formula is C21H19BrN2O4S2. The second-order valence-corrected chi connectivity index (χ2v) is 9.62. The first-order valence-corrected chi connectivity index (χ1v) is 11.2. The molecule has 1 fully saturated rings. The van der Waals surface area contributed by atoms with Crippen LogP contribution < -0.4 is 4.74 Å². The van der Waals surface area contributed by atoms with Crippen LogP contribution in [0.2, 0.25) is 0 Å². The van der Waals surface area contributed by atoms with E-state index >= 15 is 0 Å². The molecule has 6 nitrogen and oxygen atoms in total. The molecule has 1 aliphatic rings. The summed E-state index contributed by atoms with van der Waals surface area (Å²) in [6.45, 7) is 4.99. The van der Waals surface area contributed by atoms with Crippen molar-refractivity contribution in [3.63, 3.8) is 0 Å². The van der Waals surface area contributed by atoms with Crippen molar-refractivity contribution in [3.05, 3.63) is 73.1 Å². The van der Waals surface area contributed by atoms with E-state index in [0.29, 0.717) is 27.4 Å². The molecule has 1 saturated heterocycles. The van der Waals surface area contributed by atoms with Crippen molar-refractivity contribution >= 4 is 61.9 Å². The third-order valence-electron chi connectivity index (χ3n) is 4.22. The van der Waals surface area contributed by atoms with Gasteiger partial charge in [-0.05, 0) is 63.3 Å². The molecule has 30 heavy (non-hydrogen) atoms. The maximum atomic E-state index is 12.6. The first-order valence-electron chi connectivity index (χ1n) is 9.15. The molecule has 3 rings (SSSR count). The van der Waals surface area contributed by atoms with Gasteiger partial charge in [0.15, 0.2) is 0 Å². The first-order chi connectivity index (χ1) is 14.2. The van der Waals surface area contributed by atoms with Gasteiger partial charge in [-0.2, -0.15) is 0 Å². The van der Waals surface area contributed by atoms with Crippen LogP contribution >= 0.6 is 39.9 Å². The number of thiocarbonyl (C=S) groups is 1. The predicted molar refractivity (Wildman–Crippen MR) is 126 cm³/mol. The fourth-order valence-electron chi connectivity index (χ4n) is 2.77. The molecule has 1 amide bonds. The molecule has 0 aromatic heterocycles. The second kappa shape index (κ2) is 9.72. The minimum Gasteiger partial charge on any atom is -0.488 e. The number of nitro groups is 1. The van der Waals surface area contributed by atoms with Gasteiger partial charge in [0, 0.05) is 18.7 Å². The van der Waals surface area contributed by atoms with Crippen molar-refractivity contribution in [1.82, 2.24) is 4.90 Å². The van der Waals surface area contributed by atoms with Crippen LogP contribution in [-0.2, 0) is 11.4 Å². The highest BCUT2D eigenvalue weighted by Crippen LogP contribution is 2.34. The highest BCUT2D eigenvalue weighted by atomic mass is 79.9. The van der Waals surface area contributed by atoms with E-state index in [1.165, 1.54) is 23.9 Å². The number of rotatable bonds is 7. The number of hydrogen-bond acceptors (Lipinski definition) is 6. The zero-order valence-corrected chi connectivity index (χ0v) is 19.6. The largest absolute Gasteiger partial charge is 0.488 e. The Labute approximate surface area is 192 Å². The number of amides is 1. The minimum atomic E-state index is -0.434. The lowest BCUT2D eigenvalue weighted by molar-refractivity contribution is -0.384. The van der Waals surface area contributed by atoms with Gasteiger partial charge >= 0.3 is 0 Å². The molecule has 9 heteroatoms. The summed E-state index contributed by atoms with van der Waals surface area (Å²) >= 11 is 10.2. The van der Waals surface area contributed by atoms with E-state index in [0.717, 1.165) is 15.6 Å². The van der Waals surface area contributed by atoms with Crippen molar-refractivity contribution in [2.75, 3.05) is 6.54 Å². The van der Waals surface area contributed by atoms with Crippen LogP contribution in [0, 0.1) is 16.0 Å². The molecule has 0 bridgehead atoms. The molecule has 0 atom stereocenters. The highest BCUT2D eigenvalue weighted by Gasteiger charge is 2.32. The quantitative estimate of drug-likeness (QED) is 0.204. The highest BCUT2D eigenvalue weighted by molar-refractivity contribution is 9.10. The summed E-state index contributed by atoms with van der Waals surface area (Å²) in [7, 11) is 0. The van der Waals surface area contributed by atoms with Crippen molar-refractivity contribution in [2.24, 2.45) is 5.92 Å². The number of halogens is 1. The van der Waals surface area contributed by atoms with Crippen LogP contribution in [0.15, 0.2) is 51.8 Å². The summed E-state index contributed by atoms with van der Waals surface area (Å²) in [5, 5.41) is 10.7. The number of ether oxygens (including phenoxy) is 1. The van der Waals surface area contributed by atoms with Crippen molar-refractivity contribution in [2.45, 2.75) is 20.5 Å². The van der Waals surface area contributed by atoms with E-state index in [9.17, 15) is 14.9 Å². The monoisotopic (exact) mass is 506 g/mol. The van der Waals surface area contributed by atoms with Crippen LogP contribution in [0.25, 0.3) is 6.08 Å². The Kier molecular flexibility index (Phi) is 7.27. The third-order valence-corrected chi connectivity index (χ3v) is 6.21. The third kappa shape index (κ3) is 5.47. The average Bonchev–Trinajstić information content (AvgIpc) is 2.94. The molecule has 1 aliphatic heterocycles. The van der Waals surface area contributed by atoms with Crippen LogP contribution in [0.4, 0.5) is 5.69 Å². The molecule has 0 unspecified atom stereocenters. The molecule has 0 saturated carbocycles. The van der Waals surface area contributed by atoms with Crippen LogP contribution in [-0.4, -0.2) is 26.6 Å². The first kappa shape index (κ1) is 22.5. The number of carbonyl (C=O) groups is 1. The van der Waals surface area contributed by atoms with E-state index in [1.807, 2.05) is 24.3 Å². The van der Waals surface area contributed by atoms with Gasteiger partial charge in [0.25, 0.3) is 11.6 Å². The fraction of sp³-hybridized carbons (Fsp3) is 0.238. The molecule has 0 radical (unpaired) electrons. The summed E-state index contributed by atoms with van der Waals surface area (Å²) in [4.78, 5) is 25.1. The summed E-state index contributed by atoms with van der Waals surface area (Å²) < 4.78 is 7.14. The van der Waals surface area contributed by atoms with E-state index in [4.69, 9.17) is 17.0 Å². The van der Waals surface area contributed by atoms with Crippen LogP contribution in [0.3, 0.4) is 0 Å². The number of non-ortho nitro benzene ring substituents is 1. The Bertz CT molecular complexity index is 1020. The van der Waals surface area contributed by atoms with E-state index in [2.05, 4.69) is 29.8 Å². The molecule has 2 aromatic carbocycles. The summed E-state index contributed by atoms with van der Waals surface area (Å²) in [5.41, 5.74) is 1.73. The number of nitro benzene ring substituents is 1. The van der Waals surface area contributed by atoms with Gasteiger partial charge in [-0.3, -0.25) is 19.8 Å². The fourth-order valence-corrected chi connectivity index (χ4v) is 4.56. The lowest BCUT2D eigenvalue weighted by atomic mass is 10.2. The molecule has 0 aliphatic carbocycles. The van der Waals surface area contributed by atoms with Gasteiger partial charge in [0.2, 0.25) is 0 Å². The lowest BCUT2D eigenvalue weighted by Gasteiger charge is -2.16. The van der Waals surface area contributed by atoms with E-state index in [-0.39, 0.29) is 18.2 Å². The molecular weight excluding hydrogens is 488 g/mol. The van der Waals surface area contributed by atoms with Gasteiger partial charge in [-0.25, -0.2) is 0 Å². The van der Waals surface area contributed by atoms with Gasteiger partial charge in [-0.1, -0.05) is 43.9 Å². The van der Waals surface area contributed by atoms with Crippen molar-refractivity contribution < 1.29 is 14.5 Å². The standard InChI is InChI=1S/C21H19BrN2O4S2/c1-13(2)11-23-20(25)19(30-21(23)29)10-15-5-8-18(17(22)9-15)28-12-14-3-6-16(7-4-14)24(26)27/h3-10,13H,11-12H2,1-2H3/b19-10-. The maximum Gasteiger partial charge on any atom is 0.269 e. The number of carbonyl (C=O) groups excluding carboxylic acids is 1. The van der Waals surface area contributed by atoms with Crippen molar-refractivity contribution in [3.8, 4) is 5.75 Å². The van der Waals surface area contributed by atoms with E-state index < -0.39 is 4.92 Å². The number of thioether (sulfide) groups is 1. The molecule has 2 aromatic rings. The summed E-state index contributed by atoms with van der Waals surface area (Å²) in [5.74, 6) is 0.916. The maximum absolute atomic E-state index is 12.6. The predicted octanol–water partition coefficient (Wildman–Crippen LogP) is 5.79. The van der Waals surface area contributed by atoms with E-state index in [1.54, 1.807) is 17.0 Å². The SMILES string of the molecule is CC(C)CN1C(=O)/C(=C/c2ccc(OCc3ccc([N+](=O)[O-])cc3)c(Br)c2)SC1=S. The minimum absolute atomic E-state index is 0.0445. The zero-order valence-electron chi connectivity index (χ0n) is 16.3. The van der Waals surface area contributed by atoms with Gasteiger partial charge in [-0.15, -0.1) is 0 Å². The summed E-state index contributed by atoms with van der Waals surface area (Å²) in [6.07, 6.45) is 1.82. The van der Waals surface area contributed by atoms with Crippen LogP contribution in [0.5, 0.6) is 5.75 Å². The number of benzene rings is 2. The molecule has 1 heterocycles. The van der Waals surface area contributed by atoms with Crippen molar-refractivity contribution in [1.29, 1.82) is 0 Å². The van der Waals surface area contributed by atoms with Gasteiger partial charge < -0.3 is 4.74 Å². The Hall–Kier alpha value is -2.23. The molecule has 156 valence electrons. The van der Waals surface area contributed by atoms with Crippen LogP contribution in [0.1, 0.15) is 25.0 Å².